The van der Waals surface area contributed by atoms with E-state index in [2.05, 4.69) is 61.5 Å². The molecular weight excluding hydrogens is 424 g/mol. The van der Waals surface area contributed by atoms with Gasteiger partial charge in [0.25, 0.3) is 0 Å². The fourth-order valence-corrected chi connectivity index (χ4v) is 5.99. The van der Waals surface area contributed by atoms with Crippen LogP contribution in [0.3, 0.4) is 0 Å². The Morgan fingerprint density at radius 2 is 1.53 bits per heavy atom. The van der Waals surface area contributed by atoms with Crippen molar-refractivity contribution in [2.24, 2.45) is 11.3 Å². The highest BCUT2D eigenvalue weighted by Crippen LogP contribution is 2.55. The Balaban J connectivity index is 1.65. The Labute approximate surface area is 204 Å². The molecule has 1 atom stereocenters. The number of imide groups is 1. The van der Waals surface area contributed by atoms with Gasteiger partial charge in [-0.15, -0.1) is 0 Å². The third kappa shape index (κ3) is 4.63. The van der Waals surface area contributed by atoms with Crippen molar-refractivity contribution in [3.63, 3.8) is 0 Å². The van der Waals surface area contributed by atoms with Crippen molar-refractivity contribution >= 4 is 12.0 Å². The SMILES string of the molecule is CN(C)C1(c2ccccc2)CCC2(CC1)CN(C(=O)OC(C)(C)C)C(=O)C2Cc1ccccc1. The minimum atomic E-state index is -0.637. The zero-order valence-corrected chi connectivity index (χ0v) is 21.2. The maximum Gasteiger partial charge on any atom is 0.417 e. The van der Waals surface area contributed by atoms with Gasteiger partial charge in [0.1, 0.15) is 5.60 Å². The summed E-state index contributed by atoms with van der Waals surface area (Å²) in [6, 6.07) is 20.9. The van der Waals surface area contributed by atoms with Gasteiger partial charge < -0.3 is 4.74 Å². The van der Waals surface area contributed by atoms with E-state index < -0.39 is 11.7 Å². The molecule has 2 aromatic rings. The van der Waals surface area contributed by atoms with E-state index in [-0.39, 0.29) is 22.8 Å². The van der Waals surface area contributed by atoms with Crippen molar-refractivity contribution < 1.29 is 14.3 Å². The highest BCUT2D eigenvalue weighted by Gasteiger charge is 2.57. The second-order valence-electron chi connectivity index (χ2n) is 11.3. The van der Waals surface area contributed by atoms with Crippen LogP contribution in [0.15, 0.2) is 60.7 Å². The third-order valence-corrected chi connectivity index (χ3v) is 7.91. The molecule has 1 aliphatic heterocycles. The van der Waals surface area contributed by atoms with Crippen LogP contribution in [0.1, 0.15) is 57.6 Å². The molecule has 5 nitrogen and oxygen atoms in total. The first-order chi connectivity index (χ1) is 16.1. The van der Waals surface area contributed by atoms with E-state index >= 15 is 0 Å². The highest BCUT2D eigenvalue weighted by atomic mass is 16.6. The predicted molar refractivity (Wildman–Crippen MR) is 134 cm³/mol. The second kappa shape index (κ2) is 9.18. The Morgan fingerprint density at radius 1 is 0.971 bits per heavy atom. The van der Waals surface area contributed by atoms with Crippen molar-refractivity contribution in [3.8, 4) is 0 Å². The Kier molecular flexibility index (Phi) is 6.61. The molecule has 34 heavy (non-hydrogen) atoms. The van der Waals surface area contributed by atoms with Crippen LogP contribution in [0.5, 0.6) is 0 Å². The van der Waals surface area contributed by atoms with Crippen molar-refractivity contribution in [2.45, 2.75) is 64.0 Å². The second-order valence-corrected chi connectivity index (χ2v) is 11.3. The molecule has 1 saturated heterocycles. The fraction of sp³-hybridized carbons (Fsp3) is 0.517. The summed E-state index contributed by atoms with van der Waals surface area (Å²) in [5, 5.41) is 0. The van der Waals surface area contributed by atoms with Gasteiger partial charge in [-0.2, -0.15) is 0 Å². The van der Waals surface area contributed by atoms with Crippen LogP contribution in [-0.4, -0.2) is 48.0 Å². The predicted octanol–water partition coefficient (Wildman–Crippen LogP) is 5.64. The van der Waals surface area contributed by atoms with Crippen LogP contribution in [0, 0.1) is 11.3 Å². The third-order valence-electron chi connectivity index (χ3n) is 7.91. The van der Waals surface area contributed by atoms with Crippen LogP contribution in [-0.2, 0) is 21.5 Å². The maximum atomic E-state index is 13.7. The van der Waals surface area contributed by atoms with Crippen LogP contribution < -0.4 is 0 Å². The number of hydrogen-bond donors (Lipinski definition) is 0. The van der Waals surface area contributed by atoms with Crippen molar-refractivity contribution in [1.29, 1.82) is 0 Å². The van der Waals surface area contributed by atoms with E-state index in [1.165, 1.54) is 10.5 Å². The summed E-state index contributed by atoms with van der Waals surface area (Å²) in [6.45, 7) is 5.97. The minimum Gasteiger partial charge on any atom is -0.443 e. The van der Waals surface area contributed by atoms with Crippen LogP contribution in [0.2, 0.25) is 0 Å². The molecule has 182 valence electrons. The van der Waals surface area contributed by atoms with Gasteiger partial charge in [-0.3, -0.25) is 9.69 Å². The molecule has 0 bridgehead atoms. The van der Waals surface area contributed by atoms with Crippen LogP contribution >= 0.6 is 0 Å². The van der Waals surface area contributed by atoms with Gasteiger partial charge in [0, 0.05) is 17.5 Å². The van der Waals surface area contributed by atoms with Crippen molar-refractivity contribution in [3.05, 3.63) is 71.8 Å². The molecule has 0 aromatic heterocycles. The van der Waals surface area contributed by atoms with Crippen molar-refractivity contribution in [2.75, 3.05) is 20.6 Å². The zero-order valence-electron chi connectivity index (χ0n) is 21.2. The molecule has 1 heterocycles. The minimum absolute atomic E-state index is 0.0633. The van der Waals surface area contributed by atoms with Gasteiger partial charge in [-0.1, -0.05) is 60.7 Å². The maximum absolute atomic E-state index is 13.7. The van der Waals surface area contributed by atoms with Gasteiger partial charge in [-0.25, -0.2) is 9.69 Å². The average molecular weight is 463 g/mol. The number of ether oxygens (including phenoxy) is 1. The fourth-order valence-electron chi connectivity index (χ4n) is 5.99. The Hall–Kier alpha value is -2.66. The van der Waals surface area contributed by atoms with E-state index in [0.29, 0.717) is 13.0 Å². The number of carbonyl (C=O) groups excluding carboxylic acids is 2. The Bertz CT molecular complexity index is 1000. The summed E-state index contributed by atoms with van der Waals surface area (Å²) in [4.78, 5) is 30.4. The molecule has 5 heteroatoms. The van der Waals surface area contributed by atoms with Gasteiger partial charge in [-0.05, 0) is 78.1 Å². The van der Waals surface area contributed by atoms with Gasteiger partial charge in [0.15, 0.2) is 0 Å². The summed E-state index contributed by atoms with van der Waals surface area (Å²) in [5.41, 5.74) is 1.52. The lowest BCUT2D eigenvalue weighted by Gasteiger charge is -2.50. The normalized spacial score (nSPS) is 27.4. The molecule has 2 amide bonds. The highest BCUT2D eigenvalue weighted by molar-refractivity contribution is 5.96. The van der Waals surface area contributed by atoms with Gasteiger partial charge in [0.2, 0.25) is 5.91 Å². The zero-order chi connectivity index (χ0) is 24.6. The van der Waals surface area contributed by atoms with E-state index in [0.717, 1.165) is 31.2 Å². The monoisotopic (exact) mass is 462 g/mol. The van der Waals surface area contributed by atoms with Crippen LogP contribution in [0.4, 0.5) is 4.79 Å². The summed E-state index contributed by atoms with van der Waals surface area (Å²) in [5.74, 6) is -0.312. The number of carbonyl (C=O) groups is 2. The van der Waals surface area contributed by atoms with Crippen molar-refractivity contribution in [1.82, 2.24) is 9.80 Å². The molecule has 0 radical (unpaired) electrons. The van der Waals surface area contributed by atoms with E-state index in [4.69, 9.17) is 4.74 Å². The lowest BCUT2D eigenvalue weighted by Crippen LogP contribution is -2.49. The quantitative estimate of drug-likeness (QED) is 0.590. The Morgan fingerprint density at radius 3 is 2.06 bits per heavy atom. The van der Waals surface area contributed by atoms with E-state index in [1.807, 2.05) is 39.0 Å². The first-order valence-corrected chi connectivity index (χ1v) is 12.4. The number of hydrogen-bond acceptors (Lipinski definition) is 4. The lowest BCUT2D eigenvalue weighted by molar-refractivity contribution is -0.131. The lowest BCUT2D eigenvalue weighted by atomic mass is 9.60. The first kappa shape index (κ1) is 24.5. The topological polar surface area (TPSA) is 49.9 Å². The summed E-state index contributed by atoms with van der Waals surface area (Å²) >= 11 is 0. The summed E-state index contributed by atoms with van der Waals surface area (Å²) in [6.07, 6.45) is 3.82. The standard InChI is InChI=1S/C29H38N2O3/c1-27(2,3)34-26(33)31-21-28(24(25(31)32)20-22-12-8-6-9-13-22)16-18-29(19-17-28,30(4)5)23-14-10-7-11-15-23/h6-15,24H,16-21H2,1-5H3. The number of rotatable bonds is 4. The number of likely N-dealkylation sites (tertiary alicyclic amines) is 1. The summed E-state index contributed by atoms with van der Waals surface area (Å²) in [7, 11) is 4.30. The molecule has 2 aliphatic rings. The molecule has 2 aromatic carbocycles. The average Bonchev–Trinajstić information content (AvgIpc) is 3.06. The number of benzene rings is 2. The molecule has 1 aliphatic carbocycles. The van der Waals surface area contributed by atoms with Gasteiger partial charge >= 0.3 is 6.09 Å². The first-order valence-electron chi connectivity index (χ1n) is 12.4. The molecule has 4 rings (SSSR count). The summed E-state index contributed by atoms with van der Waals surface area (Å²) < 4.78 is 5.63. The molecule has 2 fully saturated rings. The van der Waals surface area contributed by atoms with Gasteiger partial charge in [0.05, 0.1) is 5.92 Å². The number of nitrogens with zero attached hydrogens (tertiary/aromatic N) is 2. The van der Waals surface area contributed by atoms with E-state index in [1.54, 1.807) is 0 Å². The van der Waals surface area contributed by atoms with E-state index in [9.17, 15) is 9.59 Å². The molecular formula is C29H38N2O3. The number of amides is 2. The largest absolute Gasteiger partial charge is 0.443 e. The molecule has 1 spiro atoms. The van der Waals surface area contributed by atoms with Crippen LogP contribution in [0.25, 0.3) is 0 Å². The molecule has 1 unspecified atom stereocenters. The molecule has 1 saturated carbocycles. The smallest absolute Gasteiger partial charge is 0.417 e. The molecule has 0 N–H and O–H groups in total.